The summed E-state index contributed by atoms with van der Waals surface area (Å²) in [5.41, 5.74) is 4.58. The van der Waals surface area contributed by atoms with Crippen LogP contribution in [0.3, 0.4) is 0 Å². The molecule has 0 aliphatic heterocycles. The third kappa shape index (κ3) is 4.96. The van der Waals surface area contributed by atoms with Crippen molar-refractivity contribution in [1.29, 1.82) is 0 Å². The van der Waals surface area contributed by atoms with Gasteiger partial charge in [0.25, 0.3) is 0 Å². The molecule has 2 aromatic carbocycles. The molecule has 2 heterocycles. The lowest BCUT2D eigenvalue weighted by molar-refractivity contribution is 0.262. The molecule has 4 aromatic rings. The fraction of sp³-hybridized carbons (Fsp3) is 0.269. The molecule has 34 heavy (non-hydrogen) atoms. The number of carbonyl (C=O) groups is 1. The largest absolute Gasteiger partial charge is 0.497 e. The molecule has 0 bridgehead atoms. The molecule has 0 spiro atoms. The van der Waals surface area contributed by atoms with Gasteiger partial charge in [0.15, 0.2) is 5.82 Å². The molecular weight excluding hydrogens is 428 g/mol. The van der Waals surface area contributed by atoms with E-state index in [1.54, 1.807) is 16.5 Å². The van der Waals surface area contributed by atoms with Gasteiger partial charge in [-0.1, -0.05) is 38.5 Å². The van der Waals surface area contributed by atoms with E-state index in [1.165, 1.54) is 0 Å². The summed E-state index contributed by atoms with van der Waals surface area (Å²) in [5.74, 6) is 1.81. The minimum atomic E-state index is -0.395. The van der Waals surface area contributed by atoms with Gasteiger partial charge < -0.3 is 4.74 Å². The first kappa shape index (κ1) is 23.1. The second-order valence-corrected chi connectivity index (χ2v) is 9.26. The van der Waals surface area contributed by atoms with Crippen molar-refractivity contribution in [3.8, 4) is 22.7 Å². The number of carbonyl (C=O) groups excluding carboxylic acids is 1. The second kappa shape index (κ2) is 9.05. The Kier molecular flexibility index (Phi) is 6.15. The van der Waals surface area contributed by atoms with Gasteiger partial charge in [-0.2, -0.15) is 10.2 Å². The van der Waals surface area contributed by atoms with Gasteiger partial charge in [-0.25, -0.2) is 9.48 Å². The zero-order valence-electron chi connectivity index (χ0n) is 20.4. The number of nitrogens with one attached hydrogen (secondary N) is 2. The average Bonchev–Trinajstić information content (AvgIpc) is 3.37. The van der Waals surface area contributed by atoms with E-state index in [0.717, 1.165) is 34.0 Å². The molecule has 8 nitrogen and oxygen atoms in total. The van der Waals surface area contributed by atoms with Gasteiger partial charge in [0.2, 0.25) is 0 Å². The van der Waals surface area contributed by atoms with Crippen molar-refractivity contribution >= 4 is 17.7 Å². The zero-order valence-corrected chi connectivity index (χ0v) is 20.4. The van der Waals surface area contributed by atoms with E-state index in [4.69, 9.17) is 9.84 Å². The van der Waals surface area contributed by atoms with E-state index in [2.05, 4.69) is 36.5 Å². The maximum absolute atomic E-state index is 12.9. The maximum atomic E-state index is 12.9. The predicted octanol–water partition coefficient (Wildman–Crippen LogP) is 5.53. The van der Waals surface area contributed by atoms with Crippen molar-refractivity contribution in [1.82, 2.24) is 19.6 Å². The zero-order chi connectivity index (χ0) is 24.5. The molecule has 2 N–H and O–H groups in total. The highest BCUT2D eigenvalue weighted by Crippen LogP contribution is 2.27. The van der Waals surface area contributed by atoms with E-state index in [1.807, 2.05) is 74.6 Å². The lowest BCUT2D eigenvalue weighted by Crippen LogP contribution is -2.21. The monoisotopic (exact) mass is 458 g/mol. The summed E-state index contributed by atoms with van der Waals surface area (Å²) in [6.45, 7) is 8.31. The number of anilines is 2. The van der Waals surface area contributed by atoms with E-state index < -0.39 is 6.03 Å². The first-order valence-corrected chi connectivity index (χ1v) is 11.1. The summed E-state index contributed by atoms with van der Waals surface area (Å²) in [4.78, 5) is 12.9. The van der Waals surface area contributed by atoms with Crippen molar-refractivity contribution in [2.75, 3.05) is 17.7 Å². The number of aryl methyl sites for hydroxylation is 2. The van der Waals surface area contributed by atoms with Crippen LogP contribution in [0.4, 0.5) is 16.4 Å². The SMILES string of the molecule is COc1ccc(-c2cc(NC(=O)Nc3cc(C(C)(C)C)nn3-c3ccc(C)cc3)nn2C)cc1. The molecule has 0 saturated heterocycles. The minimum absolute atomic E-state index is 0.170. The molecule has 0 atom stereocenters. The average molecular weight is 459 g/mol. The standard InChI is InChI=1S/C26H30N6O2/c1-17-7-11-19(12-8-17)32-24(16-22(29-32)26(2,3)4)28-25(33)27-23-15-21(31(5)30-23)18-9-13-20(34-6)14-10-18/h7-16H,1-6H3,(H2,27,28,30,33). The summed E-state index contributed by atoms with van der Waals surface area (Å²) >= 11 is 0. The Morgan fingerprint density at radius 2 is 1.62 bits per heavy atom. The number of urea groups is 1. The quantitative estimate of drug-likeness (QED) is 0.412. The van der Waals surface area contributed by atoms with Crippen LogP contribution in [0.15, 0.2) is 60.7 Å². The first-order chi connectivity index (χ1) is 16.1. The normalized spacial score (nSPS) is 11.4. The third-order valence-electron chi connectivity index (χ3n) is 5.51. The summed E-state index contributed by atoms with van der Waals surface area (Å²) < 4.78 is 8.70. The van der Waals surface area contributed by atoms with Gasteiger partial charge >= 0.3 is 6.03 Å². The number of aromatic nitrogens is 4. The number of nitrogens with zero attached hydrogens (tertiary/aromatic N) is 4. The van der Waals surface area contributed by atoms with E-state index >= 15 is 0 Å². The molecule has 0 aliphatic carbocycles. The van der Waals surface area contributed by atoms with Crippen LogP contribution in [-0.4, -0.2) is 32.7 Å². The van der Waals surface area contributed by atoms with Crippen molar-refractivity contribution in [2.45, 2.75) is 33.1 Å². The Morgan fingerprint density at radius 3 is 2.24 bits per heavy atom. The number of hydrogen-bond acceptors (Lipinski definition) is 4. The van der Waals surface area contributed by atoms with Crippen molar-refractivity contribution in [3.05, 3.63) is 71.9 Å². The number of ether oxygens (including phenoxy) is 1. The van der Waals surface area contributed by atoms with Crippen molar-refractivity contribution in [3.63, 3.8) is 0 Å². The highest BCUT2D eigenvalue weighted by Gasteiger charge is 2.22. The third-order valence-corrected chi connectivity index (χ3v) is 5.51. The molecule has 176 valence electrons. The van der Waals surface area contributed by atoms with Gasteiger partial charge in [0.1, 0.15) is 11.6 Å². The molecule has 0 radical (unpaired) electrons. The molecule has 0 unspecified atom stereocenters. The Labute approximate surface area is 199 Å². The van der Waals surface area contributed by atoms with Gasteiger partial charge in [0.05, 0.1) is 24.2 Å². The van der Waals surface area contributed by atoms with Crippen molar-refractivity contribution < 1.29 is 9.53 Å². The number of rotatable bonds is 5. The van der Waals surface area contributed by atoms with Gasteiger partial charge in [0, 0.05) is 30.2 Å². The van der Waals surface area contributed by atoms with E-state index in [0.29, 0.717) is 11.6 Å². The van der Waals surface area contributed by atoms with Crippen LogP contribution >= 0.6 is 0 Å². The molecule has 4 rings (SSSR count). The summed E-state index contributed by atoms with van der Waals surface area (Å²) in [7, 11) is 3.47. The van der Waals surface area contributed by atoms with Crippen LogP contribution in [0.2, 0.25) is 0 Å². The number of benzene rings is 2. The Bertz CT molecular complexity index is 1290. The van der Waals surface area contributed by atoms with Crippen molar-refractivity contribution in [2.24, 2.45) is 7.05 Å². The summed E-state index contributed by atoms with van der Waals surface area (Å²) in [6, 6.07) is 19.0. The van der Waals surface area contributed by atoms with Crippen LogP contribution in [0.25, 0.3) is 16.9 Å². The van der Waals surface area contributed by atoms with Crippen LogP contribution in [0.5, 0.6) is 5.75 Å². The number of hydrogen-bond donors (Lipinski definition) is 2. The molecular formula is C26H30N6O2. The van der Waals surface area contributed by atoms with E-state index in [-0.39, 0.29) is 5.41 Å². The molecule has 0 aliphatic rings. The number of amides is 2. The van der Waals surface area contributed by atoms with Crippen LogP contribution < -0.4 is 15.4 Å². The summed E-state index contributed by atoms with van der Waals surface area (Å²) in [6.07, 6.45) is 0. The fourth-order valence-electron chi connectivity index (χ4n) is 3.54. The lowest BCUT2D eigenvalue weighted by atomic mass is 9.92. The number of methoxy groups -OCH3 is 1. The molecule has 8 heteroatoms. The van der Waals surface area contributed by atoms with Gasteiger partial charge in [-0.05, 0) is 43.3 Å². The first-order valence-electron chi connectivity index (χ1n) is 11.1. The molecule has 0 saturated carbocycles. The predicted molar refractivity (Wildman–Crippen MR) is 135 cm³/mol. The fourth-order valence-corrected chi connectivity index (χ4v) is 3.54. The second-order valence-electron chi connectivity index (χ2n) is 9.26. The minimum Gasteiger partial charge on any atom is -0.497 e. The maximum Gasteiger partial charge on any atom is 0.326 e. The Hall–Kier alpha value is -4.07. The lowest BCUT2D eigenvalue weighted by Gasteiger charge is -2.14. The van der Waals surface area contributed by atoms with Gasteiger partial charge in [-0.15, -0.1) is 0 Å². The van der Waals surface area contributed by atoms with E-state index in [9.17, 15) is 4.79 Å². The van der Waals surface area contributed by atoms with Crippen LogP contribution in [0.1, 0.15) is 32.0 Å². The van der Waals surface area contributed by atoms with Crippen LogP contribution in [0, 0.1) is 6.92 Å². The molecule has 2 aromatic heterocycles. The molecule has 2 amide bonds. The Morgan fingerprint density at radius 1 is 0.941 bits per heavy atom. The summed E-state index contributed by atoms with van der Waals surface area (Å²) in [5, 5.41) is 15.0. The highest BCUT2D eigenvalue weighted by molar-refractivity contribution is 5.99. The smallest absolute Gasteiger partial charge is 0.326 e. The molecule has 0 fully saturated rings. The Balaban J connectivity index is 1.56. The van der Waals surface area contributed by atoms with Crippen LogP contribution in [-0.2, 0) is 12.5 Å². The topological polar surface area (TPSA) is 86.0 Å². The highest BCUT2D eigenvalue weighted by atomic mass is 16.5. The van der Waals surface area contributed by atoms with Gasteiger partial charge in [-0.3, -0.25) is 15.3 Å².